The first-order valence-corrected chi connectivity index (χ1v) is 11.7. The van der Waals surface area contributed by atoms with Crippen molar-refractivity contribution < 1.29 is 9.53 Å². The quantitative estimate of drug-likeness (QED) is 0.472. The summed E-state index contributed by atoms with van der Waals surface area (Å²) in [6, 6.07) is 15.5. The molecule has 1 aliphatic heterocycles. The number of benzene rings is 2. The standard InChI is InChI=1S/C26H32N6O3/c1-16(2)14-32-21(15-35-25(34)27-26(3,4)5)22(17-9-7-6-8-10-17)20-13-18(23-28-30-31-29-23)11-12-19(20)24(32)33/h6-13,16,23H,14-15H2,1-5H3,(H,27,34)(H,28,31)(H,29,30). The summed E-state index contributed by atoms with van der Waals surface area (Å²) in [6.07, 6.45) is -0.895. The maximum absolute atomic E-state index is 13.7. The van der Waals surface area contributed by atoms with E-state index in [0.29, 0.717) is 17.6 Å². The summed E-state index contributed by atoms with van der Waals surface area (Å²) in [7, 11) is 0. The van der Waals surface area contributed by atoms with Crippen LogP contribution >= 0.6 is 0 Å². The van der Waals surface area contributed by atoms with Gasteiger partial charge in [0.25, 0.3) is 5.56 Å². The zero-order valence-corrected chi connectivity index (χ0v) is 20.8. The lowest BCUT2D eigenvalue weighted by Crippen LogP contribution is -2.41. The van der Waals surface area contributed by atoms with Gasteiger partial charge in [0.15, 0.2) is 6.17 Å². The number of alkyl carbamates (subject to hydrolysis) is 1. The molecule has 9 heteroatoms. The highest BCUT2D eigenvalue weighted by molar-refractivity contribution is 5.98. The maximum atomic E-state index is 13.7. The van der Waals surface area contributed by atoms with E-state index in [2.05, 4.69) is 40.5 Å². The molecule has 4 rings (SSSR count). The minimum absolute atomic E-state index is 0.0444. The molecule has 0 saturated heterocycles. The highest BCUT2D eigenvalue weighted by Crippen LogP contribution is 2.33. The van der Waals surface area contributed by atoms with Crippen molar-refractivity contribution in [1.82, 2.24) is 20.8 Å². The third kappa shape index (κ3) is 5.51. The summed E-state index contributed by atoms with van der Waals surface area (Å²) in [5, 5.41) is 12.1. The van der Waals surface area contributed by atoms with Crippen molar-refractivity contribution in [2.24, 2.45) is 16.3 Å². The van der Waals surface area contributed by atoms with Crippen LogP contribution < -0.4 is 21.8 Å². The zero-order chi connectivity index (χ0) is 25.2. The van der Waals surface area contributed by atoms with E-state index in [4.69, 9.17) is 4.74 Å². The third-order valence-corrected chi connectivity index (χ3v) is 5.57. The molecule has 1 unspecified atom stereocenters. The highest BCUT2D eigenvalue weighted by atomic mass is 16.5. The first-order valence-electron chi connectivity index (χ1n) is 11.7. The molecule has 1 aliphatic rings. The van der Waals surface area contributed by atoms with Crippen LogP contribution in [0, 0.1) is 5.92 Å². The van der Waals surface area contributed by atoms with Crippen molar-refractivity contribution in [3.63, 3.8) is 0 Å². The fourth-order valence-electron chi connectivity index (χ4n) is 4.15. The second-order valence-corrected chi connectivity index (χ2v) is 10.1. The predicted molar refractivity (Wildman–Crippen MR) is 135 cm³/mol. The molecule has 0 saturated carbocycles. The van der Waals surface area contributed by atoms with Crippen molar-refractivity contribution in [3.05, 3.63) is 70.1 Å². The lowest BCUT2D eigenvalue weighted by molar-refractivity contribution is 0.128. The molecule has 0 aliphatic carbocycles. The van der Waals surface area contributed by atoms with E-state index in [1.165, 1.54) is 0 Å². The summed E-state index contributed by atoms with van der Waals surface area (Å²) in [6.45, 7) is 10.2. The number of nitrogens with one attached hydrogen (secondary N) is 3. The molecule has 184 valence electrons. The van der Waals surface area contributed by atoms with Gasteiger partial charge in [-0.3, -0.25) is 4.79 Å². The third-order valence-electron chi connectivity index (χ3n) is 5.57. The first-order chi connectivity index (χ1) is 16.6. The normalized spacial score (nSPS) is 15.4. The average Bonchev–Trinajstić information content (AvgIpc) is 3.34. The van der Waals surface area contributed by atoms with Crippen molar-refractivity contribution >= 4 is 16.9 Å². The summed E-state index contributed by atoms with van der Waals surface area (Å²) >= 11 is 0. The number of pyridine rings is 1. The molecule has 0 spiro atoms. The number of carbonyl (C=O) groups excluding carboxylic acids is 1. The number of nitrogens with zero attached hydrogens (tertiary/aromatic N) is 3. The Bertz CT molecular complexity index is 1310. The van der Waals surface area contributed by atoms with Crippen LogP contribution in [0.2, 0.25) is 0 Å². The van der Waals surface area contributed by atoms with E-state index >= 15 is 0 Å². The van der Waals surface area contributed by atoms with Crippen LogP contribution in [-0.2, 0) is 17.9 Å². The summed E-state index contributed by atoms with van der Waals surface area (Å²) in [5.74, 6) is 0.212. The first kappa shape index (κ1) is 24.4. The fourth-order valence-corrected chi connectivity index (χ4v) is 4.15. The number of aromatic nitrogens is 1. The Kier molecular flexibility index (Phi) is 6.88. The lowest BCUT2D eigenvalue weighted by Gasteiger charge is -2.23. The Morgan fingerprint density at radius 3 is 2.51 bits per heavy atom. The molecule has 1 amide bonds. The fraction of sp³-hybridized carbons (Fsp3) is 0.385. The van der Waals surface area contributed by atoms with Crippen LogP contribution in [0.4, 0.5) is 4.79 Å². The SMILES string of the molecule is CC(C)Cn1c(COC(=O)NC(C)(C)C)c(-c2ccccc2)c2cc(C3N=NNN3)ccc2c1=O. The van der Waals surface area contributed by atoms with E-state index in [9.17, 15) is 9.59 Å². The minimum atomic E-state index is -0.532. The van der Waals surface area contributed by atoms with E-state index in [1.54, 1.807) is 4.57 Å². The Balaban J connectivity index is 1.94. The van der Waals surface area contributed by atoms with Crippen molar-refractivity contribution in [2.75, 3.05) is 0 Å². The number of hydrazine groups is 1. The molecule has 1 atom stereocenters. The van der Waals surface area contributed by atoms with Gasteiger partial charge in [0.2, 0.25) is 0 Å². The van der Waals surface area contributed by atoms with Gasteiger partial charge in [-0.05, 0) is 55.3 Å². The Hall–Kier alpha value is -3.72. The van der Waals surface area contributed by atoms with E-state index < -0.39 is 11.6 Å². The molecule has 0 fully saturated rings. The molecular formula is C26H32N6O3. The van der Waals surface area contributed by atoms with Gasteiger partial charge in [-0.1, -0.05) is 55.5 Å². The van der Waals surface area contributed by atoms with Gasteiger partial charge >= 0.3 is 6.09 Å². The highest BCUT2D eigenvalue weighted by Gasteiger charge is 2.23. The number of carbonyl (C=O) groups is 1. The van der Waals surface area contributed by atoms with Gasteiger partial charge in [0.05, 0.1) is 5.69 Å². The van der Waals surface area contributed by atoms with Crippen molar-refractivity contribution in [3.8, 4) is 11.1 Å². The van der Waals surface area contributed by atoms with Gasteiger partial charge in [0.1, 0.15) is 6.61 Å². The molecule has 9 nitrogen and oxygen atoms in total. The predicted octanol–water partition coefficient (Wildman–Crippen LogP) is 4.82. The van der Waals surface area contributed by atoms with Crippen molar-refractivity contribution in [2.45, 2.75) is 59.5 Å². The molecule has 3 aromatic rings. The Morgan fingerprint density at radius 1 is 1.14 bits per heavy atom. The van der Waals surface area contributed by atoms with Gasteiger partial charge in [-0.25, -0.2) is 10.3 Å². The van der Waals surface area contributed by atoms with Crippen LogP contribution in [0.5, 0.6) is 0 Å². The number of amides is 1. The van der Waals surface area contributed by atoms with Crippen LogP contribution in [0.25, 0.3) is 21.9 Å². The number of hydrogen-bond donors (Lipinski definition) is 3. The van der Waals surface area contributed by atoms with Crippen LogP contribution in [0.3, 0.4) is 0 Å². The number of hydrogen-bond acceptors (Lipinski definition) is 7. The largest absolute Gasteiger partial charge is 0.443 e. The molecule has 2 aromatic carbocycles. The average molecular weight is 477 g/mol. The number of ether oxygens (including phenoxy) is 1. The van der Waals surface area contributed by atoms with Crippen LogP contribution in [0.1, 0.15) is 52.0 Å². The van der Waals surface area contributed by atoms with Crippen molar-refractivity contribution in [1.29, 1.82) is 0 Å². The lowest BCUT2D eigenvalue weighted by atomic mass is 9.94. The summed E-state index contributed by atoms with van der Waals surface area (Å²) in [4.78, 5) is 26.2. The Morgan fingerprint density at radius 2 is 1.89 bits per heavy atom. The molecule has 1 aromatic heterocycles. The zero-order valence-electron chi connectivity index (χ0n) is 20.8. The van der Waals surface area contributed by atoms with Crippen LogP contribution in [-0.4, -0.2) is 16.2 Å². The molecule has 2 heterocycles. The second-order valence-electron chi connectivity index (χ2n) is 10.1. The molecule has 0 bridgehead atoms. The number of rotatable bonds is 6. The molecule has 35 heavy (non-hydrogen) atoms. The van der Waals surface area contributed by atoms with E-state index in [0.717, 1.165) is 22.1 Å². The topological polar surface area (TPSA) is 109 Å². The van der Waals surface area contributed by atoms with E-state index in [-0.39, 0.29) is 24.2 Å². The minimum Gasteiger partial charge on any atom is -0.443 e. The number of fused-ring (bicyclic) bond motifs is 1. The molecular weight excluding hydrogens is 444 g/mol. The smallest absolute Gasteiger partial charge is 0.407 e. The Labute approximate surface area is 204 Å². The second kappa shape index (κ2) is 9.87. The summed E-state index contributed by atoms with van der Waals surface area (Å²) < 4.78 is 7.40. The maximum Gasteiger partial charge on any atom is 0.407 e. The van der Waals surface area contributed by atoms with Gasteiger partial charge in [-0.15, -0.1) is 5.11 Å². The van der Waals surface area contributed by atoms with Gasteiger partial charge in [-0.2, -0.15) is 5.43 Å². The van der Waals surface area contributed by atoms with Crippen LogP contribution in [0.15, 0.2) is 63.7 Å². The molecule has 3 N–H and O–H groups in total. The monoisotopic (exact) mass is 476 g/mol. The van der Waals surface area contributed by atoms with E-state index in [1.807, 2.05) is 69.3 Å². The van der Waals surface area contributed by atoms with Gasteiger partial charge < -0.3 is 14.6 Å². The summed E-state index contributed by atoms with van der Waals surface area (Å²) in [5.41, 5.74) is 8.38. The molecule has 0 radical (unpaired) electrons. The van der Waals surface area contributed by atoms with Gasteiger partial charge in [0, 0.05) is 23.0 Å².